The van der Waals surface area contributed by atoms with Gasteiger partial charge in [0.2, 0.25) is 0 Å². The van der Waals surface area contributed by atoms with Crippen molar-refractivity contribution >= 4 is 16.1 Å². The third kappa shape index (κ3) is 9.04. The number of quaternary nitrogens is 1. The fraction of sp³-hybridized carbons (Fsp3) is 0.889. The molecule has 0 spiro atoms. The van der Waals surface area contributed by atoms with Crippen molar-refractivity contribution in [1.29, 1.82) is 0 Å². The SMILES string of the molecule is C[N+](C)(C)CC(CC(=O)O)OS(=O)(=O)CCN. The Kier molecular flexibility index (Phi) is 6.03. The van der Waals surface area contributed by atoms with Gasteiger partial charge in [0.25, 0.3) is 10.1 Å². The number of aliphatic carboxylic acids is 1. The first-order valence-corrected chi connectivity index (χ1v) is 6.77. The molecule has 0 aliphatic heterocycles. The zero-order valence-corrected chi connectivity index (χ0v) is 11.2. The Morgan fingerprint density at radius 3 is 2.29 bits per heavy atom. The molecule has 102 valence electrons. The molecule has 1 unspecified atom stereocenters. The summed E-state index contributed by atoms with van der Waals surface area (Å²) < 4.78 is 28.1. The second-order valence-electron chi connectivity index (χ2n) is 4.84. The molecule has 0 saturated heterocycles. The molecule has 3 N–H and O–H groups in total. The van der Waals surface area contributed by atoms with Gasteiger partial charge in [-0.3, -0.25) is 8.98 Å². The summed E-state index contributed by atoms with van der Waals surface area (Å²) in [6, 6.07) is 0. The van der Waals surface area contributed by atoms with Crippen LogP contribution in [0.4, 0.5) is 0 Å². The Morgan fingerprint density at radius 2 is 1.94 bits per heavy atom. The number of carboxylic acid groups (broad SMARTS) is 1. The summed E-state index contributed by atoms with van der Waals surface area (Å²) >= 11 is 0. The molecule has 0 aromatic carbocycles. The van der Waals surface area contributed by atoms with Crippen molar-refractivity contribution < 1.29 is 27.0 Å². The summed E-state index contributed by atoms with van der Waals surface area (Å²) in [5.74, 6) is -1.40. The smallest absolute Gasteiger partial charge is 0.306 e. The van der Waals surface area contributed by atoms with Crippen LogP contribution in [0.2, 0.25) is 0 Å². The van der Waals surface area contributed by atoms with Gasteiger partial charge in [-0.05, 0) is 0 Å². The zero-order valence-electron chi connectivity index (χ0n) is 10.4. The molecule has 8 heteroatoms. The minimum atomic E-state index is -3.75. The molecule has 0 rings (SSSR count). The predicted molar refractivity (Wildman–Crippen MR) is 62.9 cm³/mol. The lowest BCUT2D eigenvalue weighted by molar-refractivity contribution is -0.873. The lowest BCUT2D eigenvalue weighted by atomic mass is 10.2. The molecule has 0 aliphatic rings. The Labute approximate surface area is 102 Å². The summed E-state index contributed by atoms with van der Waals surface area (Å²) in [4.78, 5) is 10.6. The fourth-order valence-electron chi connectivity index (χ4n) is 1.33. The minimum Gasteiger partial charge on any atom is -0.481 e. The molecule has 0 fully saturated rings. The van der Waals surface area contributed by atoms with E-state index in [2.05, 4.69) is 0 Å². The topological polar surface area (TPSA) is 107 Å². The average molecular weight is 269 g/mol. The van der Waals surface area contributed by atoms with Gasteiger partial charge in [-0.15, -0.1) is 0 Å². The van der Waals surface area contributed by atoms with E-state index in [1.807, 2.05) is 21.1 Å². The van der Waals surface area contributed by atoms with Crippen LogP contribution in [-0.4, -0.2) is 70.1 Å². The first kappa shape index (κ1) is 16.3. The van der Waals surface area contributed by atoms with E-state index in [0.717, 1.165) is 0 Å². The van der Waals surface area contributed by atoms with E-state index < -0.39 is 22.2 Å². The molecule has 0 bridgehead atoms. The van der Waals surface area contributed by atoms with Crippen molar-refractivity contribution in [3.63, 3.8) is 0 Å². The molecule has 0 saturated carbocycles. The molecular formula is C9H21N2O5S+. The van der Waals surface area contributed by atoms with Gasteiger partial charge in [-0.25, -0.2) is 0 Å². The quantitative estimate of drug-likeness (QED) is 0.425. The first-order valence-electron chi connectivity index (χ1n) is 5.19. The molecule has 0 heterocycles. The van der Waals surface area contributed by atoms with Crippen LogP contribution in [0.1, 0.15) is 6.42 Å². The number of rotatable bonds is 8. The minimum absolute atomic E-state index is 0.0491. The maximum atomic E-state index is 11.4. The van der Waals surface area contributed by atoms with Crippen LogP contribution in [0.25, 0.3) is 0 Å². The number of likely N-dealkylation sites (N-methyl/N-ethyl adjacent to an activating group) is 1. The highest BCUT2D eigenvalue weighted by molar-refractivity contribution is 7.86. The van der Waals surface area contributed by atoms with E-state index in [4.69, 9.17) is 15.0 Å². The largest absolute Gasteiger partial charge is 0.481 e. The van der Waals surface area contributed by atoms with Crippen molar-refractivity contribution in [3.05, 3.63) is 0 Å². The summed E-state index contributed by atoms with van der Waals surface area (Å²) in [5.41, 5.74) is 5.14. The van der Waals surface area contributed by atoms with Gasteiger partial charge in [0.05, 0.1) is 33.3 Å². The van der Waals surface area contributed by atoms with Crippen LogP contribution in [0.15, 0.2) is 0 Å². The third-order valence-electron chi connectivity index (χ3n) is 1.80. The lowest BCUT2D eigenvalue weighted by Gasteiger charge is -2.28. The number of hydrogen-bond acceptors (Lipinski definition) is 5. The van der Waals surface area contributed by atoms with Crippen LogP contribution in [-0.2, 0) is 19.1 Å². The molecule has 7 nitrogen and oxygen atoms in total. The van der Waals surface area contributed by atoms with Crippen molar-refractivity contribution in [2.45, 2.75) is 12.5 Å². The van der Waals surface area contributed by atoms with E-state index >= 15 is 0 Å². The number of nitrogens with two attached hydrogens (primary N) is 1. The van der Waals surface area contributed by atoms with Gasteiger partial charge in [0, 0.05) is 6.54 Å². The molecule has 1 atom stereocenters. The molecular weight excluding hydrogens is 248 g/mol. The van der Waals surface area contributed by atoms with Gasteiger partial charge in [0.1, 0.15) is 12.6 Å². The highest BCUT2D eigenvalue weighted by Crippen LogP contribution is 2.09. The van der Waals surface area contributed by atoms with E-state index in [0.29, 0.717) is 4.48 Å². The summed E-state index contributed by atoms with van der Waals surface area (Å²) in [7, 11) is 1.73. The summed E-state index contributed by atoms with van der Waals surface area (Å²) in [6.45, 7) is 0.239. The fourth-order valence-corrected chi connectivity index (χ4v) is 2.26. The van der Waals surface area contributed by atoms with E-state index in [9.17, 15) is 13.2 Å². The van der Waals surface area contributed by atoms with Crippen LogP contribution in [0.3, 0.4) is 0 Å². The predicted octanol–water partition coefficient (Wildman–Crippen LogP) is -1.16. The van der Waals surface area contributed by atoms with Crippen LogP contribution >= 0.6 is 0 Å². The average Bonchev–Trinajstić information content (AvgIpc) is 1.96. The van der Waals surface area contributed by atoms with Crippen LogP contribution in [0, 0.1) is 0 Å². The maximum absolute atomic E-state index is 11.4. The Morgan fingerprint density at radius 1 is 1.41 bits per heavy atom. The van der Waals surface area contributed by atoms with E-state index in [1.54, 1.807) is 0 Å². The molecule has 0 amide bonds. The maximum Gasteiger partial charge on any atom is 0.306 e. The Bertz CT molecular complexity index is 347. The summed E-state index contributed by atoms with van der Waals surface area (Å²) in [5, 5.41) is 8.70. The third-order valence-corrected chi connectivity index (χ3v) is 3.11. The highest BCUT2D eigenvalue weighted by Gasteiger charge is 2.26. The van der Waals surface area contributed by atoms with Gasteiger partial charge < -0.3 is 15.3 Å². The van der Waals surface area contributed by atoms with E-state index in [1.165, 1.54) is 0 Å². The molecule has 17 heavy (non-hydrogen) atoms. The van der Waals surface area contributed by atoms with Crippen LogP contribution in [0.5, 0.6) is 0 Å². The number of carbonyl (C=O) groups is 1. The number of hydrogen-bond donors (Lipinski definition) is 2. The molecule has 0 aromatic heterocycles. The standard InChI is InChI=1S/C9H20N2O5S/c1-11(2,3)7-8(6-9(12)13)16-17(14,15)5-4-10/h8H,4-7,10H2,1-3H3/p+1. The zero-order chi connectivity index (χ0) is 13.7. The summed E-state index contributed by atoms with van der Waals surface area (Å²) in [6.07, 6.45) is -1.22. The number of carboxylic acids is 1. The van der Waals surface area contributed by atoms with E-state index in [-0.39, 0.29) is 25.3 Å². The van der Waals surface area contributed by atoms with Crippen molar-refractivity contribution in [1.82, 2.24) is 0 Å². The first-order chi connectivity index (χ1) is 7.56. The van der Waals surface area contributed by atoms with Gasteiger partial charge in [-0.2, -0.15) is 8.42 Å². The highest BCUT2D eigenvalue weighted by atomic mass is 32.2. The lowest BCUT2D eigenvalue weighted by Crippen LogP contribution is -2.44. The van der Waals surface area contributed by atoms with Crippen LogP contribution < -0.4 is 5.73 Å². The second kappa shape index (κ2) is 6.29. The normalized spacial score (nSPS) is 14.6. The van der Waals surface area contributed by atoms with Gasteiger partial charge >= 0.3 is 5.97 Å². The Balaban J connectivity index is 4.65. The number of nitrogens with zero attached hydrogens (tertiary/aromatic N) is 1. The van der Waals surface area contributed by atoms with Crippen molar-refractivity contribution in [2.75, 3.05) is 40.0 Å². The van der Waals surface area contributed by atoms with Crippen molar-refractivity contribution in [3.8, 4) is 0 Å². The Hall–Kier alpha value is -0.700. The van der Waals surface area contributed by atoms with Gasteiger partial charge in [-0.1, -0.05) is 0 Å². The van der Waals surface area contributed by atoms with Crippen molar-refractivity contribution in [2.24, 2.45) is 5.73 Å². The second-order valence-corrected chi connectivity index (χ2v) is 6.56. The molecule has 0 aromatic rings. The monoisotopic (exact) mass is 269 g/mol. The molecule has 0 aliphatic carbocycles. The molecule has 0 radical (unpaired) electrons. The van der Waals surface area contributed by atoms with Gasteiger partial charge in [0.15, 0.2) is 0 Å².